The monoisotopic (exact) mass is 185 g/mol. The minimum atomic E-state index is 0.414. The highest BCUT2D eigenvalue weighted by Gasteiger charge is 2.00. The second-order valence-electron chi connectivity index (χ2n) is 3.45. The van der Waals surface area contributed by atoms with E-state index in [-0.39, 0.29) is 0 Å². The Morgan fingerprint density at radius 3 is 2.46 bits per heavy atom. The molecule has 0 rings (SSSR count). The summed E-state index contributed by atoms with van der Waals surface area (Å²) >= 11 is 0. The van der Waals surface area contributed by atoms with Gasteiger partial charge in [-0.2, -0.15) is 0 Å². The second-order valence-corrected chi connectivity index (χ2v) is 3.45. The molecule has 0 spiro atoms. The third kappa shape index (κ3) is 9.54. The Kier molecular flexibility index (Phi) is 9.44. The van der Waals surface area contributed by atoms with Crippen molar-refractivity contribution >= 4 is 5.78 Å². The first-order chi connectivity index (χ1) is 6.31. The number of carbonyl (C=O) groups excluding carboxylic acids is 1. The van der Waals surface area contributed by atoms with E-state index in [1.165, 1.54) is 19.3 Å². The third-order valence-corrected chi connectivity index (χ3v) is 2.14. The van der Waals surface area contributed by atoms with Crippen molar-refractivity contribution < 1.29 is 4.79 Å². The van der Waals surface area contributed by atoms with Crippen LogP contribution < -0.4 is 5.32 Å². The van der Waals surface area contributed by atoms with Gasteiger partial charge in [-0.3, -0.25) is 4.79 Å². The number of ketones is 1. The van der Waals surface area contributed by atoms with E-state index in [1.54, 1.807) is 0 Å². The zero-order valence-corrected chi connectivity index (χ0v) is 9.07. The topological polar surface area (TPSA) is 29.1 Å². The van der Waals surface area contributed by atoms with Gasteiger partial charge in [0.05, 0.1) is 0 Å². The molecule has 0 atom stereocenters. The largest absolute Gasteiger partial charge is 0.317 e. The molecule has 0 aliphatic carbocycles. The van der Waals surface area contributed by atoms with Crippen molar-refractivity contribution in [2.75, 3.05) is 13.1 Å². The lowest BCUT2D eigenvalue weighted by atomic mass is 10.1. The molecule has 0 bridgehead atoms. The quantitative estimate of drug-likeness (QED) is 0.559. The molecule has 0 aromatic heterocycles. The molecule has 0 saturated heterocycles. The van der Waals surface area contributed by atoms with Crippen molar-refractivity contribution in [3.8, 4) is 0 Å². The second kappa shape index (κ2) is 9.72. The van der Waals surface area contributed by atoms with Crippen molar-refractivity contribution in [1.29, 1.82) is 0 Å². The van der Waals surface area contributed by atoms with E-state index in [9.17, 15) is 4.79 Å². The molecule has 0 fully saturated rings. The molecule has 0 aromatic carbocycles. The van der Waals surface area contributed by atoms with E-state index in [4.69, 9.17) is 0 Å². The van der Waals surface area contributed by atoms with Crippen LogP contribution in [0.3, 0.4) is 0 Å². The average molecular weight is 185 g/mol. The first-order valence-corrected chi connectivity index (χ1v) is 5.53. The fraction of sp³-hybridized carbons (Fsp3) is 0.909. The predicted octanol–water partition coefficient (Wildman–Crippen LogP) is 2.53. The van der Waals surface area contributed by atoms with Crippen LogP contribution in [0, 0.1) is 0 Å². The van der Waals surface area contributed by atoms with E-state index in [1.807, 2.05) is 0 Å². The summed E-state index contributed by atoms with van der Waals surface area (Å²) in [6.45, 7) is 6.06. The molecule has 0 aliphatic heterocycles. The number of hydrogen-bond acceptors (Lipinski definition) is 2. The van der Waals surface area contributed by atoms with Crippen LogP contribution in [-0.2, 0) is 4.79 Å². The molecule has 0 amide bonds. The maximum absolute atomic E-state index is 11.2. The van der Waals surface area contributed by atoms with Crippen LogP contribution in [-0.4, -0.2) is 18.9 Å². The van der Waals surface area contributed by atoms with Gasteiger partial charge in [0.2, 0.25) is 0 Å². The molecule has 2 nitrogen and oxygen atoms in total. The van der Waals surface area contributed by atoms with Gasteiger partial charge in [0.15, 0.2) is 0 Å². The Bertz CT molecular complexity index is 123. The summed E-state index contributed by atoms with van der Waals surface area (Å²) in [6.07, 6.45) is 6.29. The molecule has 0 saturated carbocycles. The SMILES string of the molecule is CCCCCCC(=O)CCNCC. The average Bonchev–Trinajstić information content (AvgIpc) is 2.13. The molecule has 78 valence electrons. The molecular formula is C11H23NO. The maximum Gasteiger partial charge on any atom is 0.134 e. The molecule has 2 heteroatoms. The molecular weight excluding hydrogens is 162 g/mol. The van der Waals surface area contributed by atoms with Gasteiger partial charge >= 0.3 is 0 Å². The van der Waals surface area contributed by atoms with Crippen LogP contribution in [0.25, 0.3) is 0 Å². The summed E-state index contributed by atoms with van der Waals surface area (Å²) in [5.41, 5.74) is 0. The lowest BCUT2D eigenvalue weighted by Crippen LogP contribution is -2.17. The molecule has 1 N–H and O–H groups in total. The number of hydrogen-bond donors (Lipinski definition) is 1. The number of nitrogens with one attached hydrogen (secondary N) is 1. The normalized spacial score (nSPS) is 10.3. The van der Waals surface area contributed by atoms with Crippen LogP contribution in [0.5, 0.6) is 0 Å². The van der Waals surface area contributed by atoms with E-state index in [2.05, 4.69) is 19.2 Å². The first kappa shape index (κ1) is 12.6. The van der Waals surface area contributed by atoms with Crippen molar-refractivity contribution in [2.24, 2.45) is 0 Å². The van der Waals surface area contributed by atoms with Gasteiger partial charge in [-0.1, -0.05) is 33.1 Å². The minimum absolute atomic E-state index is 0.414. The van der Waals surface area contributed by atoms with Crippen LogP contribution >= 0.6 is 0 Å². The lowest BCUT2D eigenvalue weighted by molar-refractivity contribution is -0.119. The Labute approximate surface area is 82.1 Å². The van der Waals surface area contributed by atoms with Crippen molar-refractivity contribution in [1.82, 2.24) is 5.32 Å². The summed E-state index contributed by atoms with van der Waals surface area (Å²) in [5.74, 6) is 0.414. The molecule has 0 aliphatic rings. The highest BCUT2D eigenvalue weighted by molar-refractivity contribution is 5.78. The molecule has 0 radical (unpaired) electrons. The number of rotatable bonds is 9. The van der Waals surface area contributed by atoms with Crippen molar-refractivity contribution in [3.63, 3.8) is 0 Å². The summed E-state index contributed by atoms with van der Waals surface area (Å²) in [7, 11) is 0. The van der Waals surface area contributed by atoms with Gasteiger partial charge in [0.1, 0.15) is 5.78 Å². The summed E-state index contributed by atoms with van der Waals surface area (Å²) in [5, 5.41) is 3.16. The Balaban J connectivity index is 3.11. The first-order valence-electron chi connectivity index (χ1n) is 5.53. The Morgan fingerprint density at radius 1 is 1.08 bits per heavy atom. The van der Waals surface area contributed by atoms with Gasteiger partial charge in [-0.15, -0.1) is 0 Å². The summed E-state index contributed by atoms with van der Waals surface area (Å²) in [6, 6.07) is 0. The predicted molar refractivity (Wildman–Crippen MR) is 56.9 cm³/mol. The molecule has 0 aromatic rings. The van der Waals surface area contributed by atoms with Crippen molar-refractivity contribution in [3.05, 3.63) is 0 Å². The Hall–Kier alpha value is -0.370. The standard InChI is InChI=1S/C11H23NO/c1-3-5-6-7-8-11(13)9-10-12-4-2/h12H,3-10H2,1-2H3. The van der Waals surface area contributed by atoms with Crippen LogP contribution in [0.15, 0.2) is 0 Å². The van der Waals surface area contributed by atoms with Gasteiger partial charge in [0, 0.05) is 19.4 Å². The maximum atomic E-state index is 11.2. The zero-order chi connectivity index (χ0) is 9.94. The minimum Gasteiger partial charge on any atom is -0.317 e. The fourth-order valence-electron chi connectivity index (χ4n) is 1.28. The van der Waals surface area contributed by atoms with Gasteiger partial charge in [-0.05, 0) is 13.0 Å². The van der Waals surface area contributed by atoms with Gasteiger partial charge < -0.3 is 5.32 Å². The van der Waals surface area contributed by atoms with E-state index in [0.717, 1.165) is 25.9 Å². The zero-order valence-electron chi connectivity index (χ0n) is 9.07. The Morgan fingerprint density at radius 2 is 1.85 bits per heavy atom. The van der Waals surface area contributed by atoms with Gasteiger partial charge in [-0.25, -0.2) is 0 Å². The summed E-state index contributed by atoms with van der Waals surface area (Å²) < 4.78 is 0. The molecule has 13 heavy (non-hydrogen) atoms. The lowest BCUT2D eigenvalue weighted by Gasteiger charge is -2.01. The third-order valence-electron chi connectivity index (χ3n) is 2.14. The van der Waals surface area contributed by atoms with Crippen molar-refractivity contribution in [2.45, 2.75) is 52.4 Å². The summed E-state index contributed by atoms with van der Waals surface area (Å²) in [4.78, 5) is 11.2. The van der Waals surface area contributed by atoms with Gasteiger partial charge in [0.25, 0.3) is 0 Å². The van der Waals surface area contributed by atoms with Crippen LogP contribution in [0.4, 0.5) is 0 Å². The number of unbranched alkanes of at least 4 members (excludes halogenated alkanes) is 3. The van der Waals surface area contributed by atoms with Crippen LogP contribution in [0.1, 0.15) is 52.4 Å². The highest BCUT2D eigenvalue weighted by Crippen LogP contribution is 2.03. The highest BCUT2D eigenvalue weighted by atomic mass is 16.1. The van der Waals surface area contributed by atoms with E-state index in [0.29, 0.717) is 12.2 Å². The molecule has 0 heterocycles. The number of carbonyl (C=O) groups is 1. The fourth-order valence-corrected chi connectivity index (χ4v) is 1.28. The van der Waals surface area contributed by atoms with Crippen LogP contribution in [0.2, 0.25) is 0 Å². The van der Waals surface area contributed by atoms with E-state index < -0.39 is 0 Å². The smallest absolute Gasteiger partial charge is 0.134 e. The van der Waals surface area contributed by atoms with E-state index >= 15 is 0 Å². The molecule has 0 unspecified atom stereocenters. The number of Topliss-reactive ketones (excluding diaryl/α,β-unsaturated/α-hetero) is 1.